The first kappa shape index (κ1) is 29.2. The molecule has 1 aliphatic heterocycles. The third kappa shape index (κ3) is 9.18. The summed E-state index contributed by atoms with van der Waals surface area (Å²) in [7, 11) is 3.95. The lowest BCUT2D eigenvalue weighted by Crippen LogP contribution is -2.32. The van der Waals surface area contributed by atoms with Gasteiger partial charge in [0.15, 0.2) is 11.6 Å². The van der Waals surface area contributed by atoms with Crippen molar-refractivity contribution in [1.82, 2.24) is 19.8 Å². The highest BCUT2D eigenvalue weighted by Gasteiger charge is 2.34. The van der Waals surface area contributed by atoms with E-state index in [1.807, 2.05) is 25.9 Å². The fraction of sp³-hybridized carbons (Fsp3) is 0.538. The van der Waals surface area contributed by atoms with Gasteiger partial charge < -0.3 is 26.2 Å². The van der Waals surface area contributed by atoms with Crippen molar-refractivity contribution >= 4 is 23.3 Å². The number of imide groups is 1. The van der Waals surface area contributed by atoms with Gasteiger partial charge in [-0.3, -0.25) is 14.5 Å². The number of nitrogens with one attached hydrogen (secondary N) is 1. The van der Waals surface area contributed by atoms with E-state index in [4.69, 9.17) is 15.9 Å². The Morgan fingerprint density at radius 2 is 1.61 bits per heavy atom. The summed E-state index contributed by atoms with van der Waals surface area (Å²) < 4.78 is 0. The monoisotopic (exact) mass is 500 g/mol. The van der Waals surface area contributed by atoms with E-state index in [9.17, 15) is 9.59 Å². The quantitative estimate of drug-likeness (QED) is 0.347. The van der Waals surface area contributed by atoms with Crippen molar-refractivity contribution in [3.8, 4) is 0 Å². The van der Waals surface area contributed by atoms with E-state index in [0.29, 0.717) is 29.4 Å². The Labute approximate surface area is 213 Å². The molecule has 2 aromatic rings. The van der Waals surface area contributed by atoms with Crippen molar-refractivity contribution in [3.05, 3.63) is 47.4 Å². The second-order valence-electron chi connectivity index (χ2n) is 9.81. The van der Waals surface area contributed by atoms with E-state index in [2.05, 4.69) is 15.3 Å². The molecule has 4 rings (SSSR count). The lowest BCUT2D eigenvalue weighted by atomic mass is 10.1. The van der Waals surface area contributed by atoms with E-state index < -0.39 is 5.79 Å². The van der Waals surface area contributed by atoms with Gasteiger partial charge in [-0.25, -0.2) is 9.97 Å². The summed E-state index contributed by atoms with van der Waals surface area (Å²) in [6.45, 7) is 5.86. The van der Waals surface area contributed by atoms with E-state index >= 15 is 0 Å². The van der Waals surface area contributed by atoms with Crippen LogP contribution in [0.5, 0.6) is 0 Å². The fourth-order valence-electron chi connectivity index (χ4n) is 3.85. The Bertz CT molecular complexity index is 975. The SMILES string of the molecule is CC(C)(O)O.CN(C)CCCN1C(=O)c2ccccc2C1=O.Cc1ncnc(NC2CCCC2)c1N. The predicted molar refractivity (Wildman–Crippen MR) is 141 cm³/mol. The number of aromatic nitrogens is 2. The molecule has 1 saturated carbocycles. The summed E-state index contributed by atoms with van der Waals surface area (Å²) in [4.78, 5) is 35.5. The molecule has 10 nitrogen and oxygen atoms in total. The van der Waals surface area contributed by atoms with Crippen LogP contribution >= 0.6 is 0 Å². The van der Waals surface area contributed by atoms with Gasteiger partial charge in [-0.2, -0.15) is 0 Å². The molecule has 0 unspecified atom stereocenters. The number of aliphatic hydroxyl groups is 2. The van der Waals surface area contributed by atoms with Crippen LogP contribution < -0.4 is 11.1 Å². The molecule has 2 aliphatic rings. The standard InChI is InChI=1S/C13H16N2O2.C10H16N4.C3H8O2/c1-14(2)8-5-9-15-12(16)10-6-3-4-7-11(10)13(15)17;1-7-9(11)10(13-6-12-7)14-8-4-2-3-5-8;1-3(2,4)5/h3-4,6-7H,5,8-9H2,1-2H3;6,8H,2-5,11H2,1H3,(H,12,13,14);4-5H,1-2H3. The molecule has 1 fully saturated rings. The van der Waals surface area contributed by atoms with Crippen molar-refractivity contribution in [1.29, 1.82) is 0 Å². The molecule has 5 N–H and O–H groups in total. The summed E-state index contributed by atoms with van der Waals surface area (Å²) in [6.07, 6.45) is 7.43. The molecule has 0 saturated heterocycles. The largest absolute Gasteiger partial charge is 0.394 e. The van der Waals surface area contributed by atoms with Crippen LogP contribution in [0.3, 0.4) is 0 Å². The number of amides is 2. The molecule has 0 radical (unpaired) electrons. The number of carbonyl (C=O) groups is 2. The van der Waals surface area contributed by atoms with Gasteiger partial charge >= 0.3 is 0 Å². The molecule has 10 heteroatoms. The molecule has 0 spiro atoms. The zero-order valence-electron chi connectivity index (χ0n) is 22.0. The number of hydrogen-bond donors (Lipinski definition) is 4. The van der Waals surface area contributed by atoms with Gasteiger partial charge in [0.05, 0.1) is 22.5 Å². The Morgan fingerprint density at radius 3 is 2.11 bits per heavy atom. The van der Waals surface area contributed by atoms with Crippen molar-refractivity contribution < 1.29 is 19.8 Å². The molecular formula is C26H40N6O4. The highest BCUT2D eigenvalue weighted by Crippen LogP contribution is 2.25. The van der Waals surface area contributed by atoms with Gasteiger partial charge in [-0.05, 0) is 72.8 Å². The van der Waals surface area contributed by atoms with Crippen molar-refractivity contribution in [2.75, 3.05) is 38.2 Å². The smallest absolute Gasteiger partial charge is 0.261 e. The van der Waals surface area contributed by atoms with E-state index in [0.717, 1.165) is 24.5 Å². The van der Waals surface area contributed by atoms with Gasteiger partial charge in [0, 0.05) is 12.6 Å². The number of aryl methyl sites for hydroxylation is 1. The first-order chi connectivity index (χ1) is 16.9. The van der Waals surface area contributed by atoms with Crippen LogP contribution in [-0.4, -0.2) is 80.8 Å². The van der Waals surface area contributed by atoms with Crippen molar-refractivity contribution in [2.24, 2.45) is 0 Å². The minimum absolute atomic E-state index is 0.163. The maximum absolute atomic E-state index is 12.0. The van der Waals surface area contributed by atoms with Gasteiger partial charge in [0.2, 0.25) is 0 Å². The average molecular weight is 501 g/mol. The third-order valence-electron chi connectivity index (χ3n) is 5.64. The zero-order valence-corrected chi connectivity index (χ0v) is 22.0. The Kier molecular flexibility index (Phi) is 10.8. The van der Waals surface area contributed by atoms with Crippen LogP contribution in [-0.2, 0) is 0 Å². The number of carbonyl (C=O) groups excluding carboxylic acids is 2. The number of hydrogen-bond acceptors (Lipinski definition) is 9. The van der Waals surface area contributed by atoms with E-state index in [1.165, 1.54) is 44.4 Å². The van der Waals surface area contributed by atoms with Crippen molar-refractivity contribution in [3.63, 3.8) is 0 Å². The maximum atomic E-state index is 12.0. The van der Waals surface area contributed by atoms with Crippen LogP contribution in [0, 0.1) is 6.92 Å². The summed E-state index contributed by atoms with van der Waals surface area (Å²) >= 11 is 0. The topological polar surface area (TPSA) is 145 Å². The summed E-state index contributed by atoms with van der Waals surface area (Å²) in [5, 5.41) is 19.5. The number of nitrogen functional groups attached to an aromatic ring is 1. The summed E-state index contributed by atoms with van der Waals surface area (Å²) in [5.41, 5.74) is 8.46. The van der Waals surface area contributed by atoms with E-state index in [-0.39, 0.29) is 11.8 Å². The zero-order chi connectivity index (χ0) is 26.9. The summed E-state index contributed by atoms with van der Waals surface area (Å²) in [5.74, 6) is -1.03. The average Bonchev–Trinajstić information content (AvgIpc) is 3.39. The molecule has 2 amide bonds. The van der Waals surface area contributed by atoms with Crippen LogP contribution in [0.4, 0.5) is 11.5 Å². The molecule has 0 bridgehead atoms. The fourth-order valence-corrected chi connectivity index (χ4v) is 3.85. The molecule has 36 heavy (non-hydrogen) atoms. The number of benzene rings is 1. The first-order valence-corrected chi connectivity index (χ1v) is 12.3. The molecule has 1 aliphatic carbocycles. The van der Waals surface area contributed by atoms with Gasteiger partial charge in [-0.1, -0.05) is 25.0 Å². The predicted octanol–water partition coefficient (Wildman–Crippen LogP) is 2.66. The Balaban J connectivity index is 0.000000217. The molecule has 1 aromatic carbocycles. The summed E-state index contributed by atoms with van der Waals surface area (Å²) in [6, 6.07) is 7.54. The molecule has 2 heterocycles. The first-order valence-electron chi connectivity index (χ1n) is 12.3. The molecule has 0 atom stereocenters. The number of fused-ring (bicyclic) bond motifs is 1. The highest BCUT2D eigenvalue weighted by molar-refractivity contribution is 6.21. The Hall–Kier alpha value is -3.08. The van der Waals surface area contributed by atoms with Crippen LogP contribution in [0.1, 0.15) is 72.4 Å². The lowest BCUT2D eigenvalue weighted by Gasteiger charge is -2.15. The normalized spacial score (nSPS) is 15.3. The lowest BCUT2D eigenvalue weighted by molar-refractivity contribution is -0.127. The van der Waals surface area contributed by atoms with Crippen LogP contribution in [0.2, 0.25) is 0 Å². The van der Waals surface area contributed by atoms with Gasteiger partial charge in [0.1, 0.15) is 6.33 Å². The maximum Gasteiger partial charge on any atom is 0.261 e. The minimum Gasteiger partial charge on any atom is -0.394 e. The number of nitrogens with zero attached hydrogens (tertiary/aromatic N) is 4. The van der Waals surface area contributed by atoms with Crippen LogP contribution in [0.25, 0.3) is 0 Å². The Morgan fingerprint density at radius 1 is 1.08 bits per heavy atom. The van der Waals surface area contributed by atoms with Gasteiger partial charge in [0.25, 0.3) is 11.8 Å². The van der Waals surface area contributed by atoms with Crippen molar-refractivity contribution in [2.45, 2.75) is 64.7 Å². The third-order valence-corrected chi connectivity index (χ3v) is 5.64. The molecule has 198 valence electrons. The number of nitrogens with two attached hydrogens (primary N) is 1. The number of anilines is 2. The van der Waals surface area contributed by atoms with E-state index in [1.54, 1.807) is 30.6 Å². The number of rotatable bonds is 6. The molecule has 1 aromatic heterocycles. The highest BCUT2D eigenvalue weighted by atomic mass is 16.5. The molecular weight excluding hydrogens is 460 g/mol. The minimum atomic E-state index is -1.50. The van der Waals surface area contributed by atoms with Gasteiger partial charge in [-0.15, -0.1) is 0 Å². The second kappa shape index (κ2) is 13.3. The van der Waals surface area contributed by atoms with Crippen LogP contribution in [0.15, 0.2) is 30.6 Å². The second-order valence-corrected chi connectivity index (χ2v) is 9.81.